The van der Waals surface area contributed by atoms with Crippen molar-refractivity contribution in [1.29, 1.82) is 0 Å². The molecule has 2 atom stereocenters. The molecule has 0 spiro atoms. The molecule has 2 unspecified atom stereocenters. The van der Waals surface area contributed by atoms with E-state index in [0.717, 1.165) is 16.7 Å². The molecule has 0 bridgehead atoms. The zero-order valence-electron chi connectivity index (χ0n) is 18.8. The van der Waals surface area contributed by atoms with Gasteiger partial charge < -0.3 is 15.0 Å². The molecule has 33 heavy (non-hydrogen) atoms. The lowest BCUT2D eigenvalue weighted by atomic mass is 9.88. The zero-order valence-corrected chi connectivity index (χ0v) is 18.8. The van der Waals surface area contributed by atoms with Gasteiger partial charge in [-0.25, -0.2) is 4.39 Å². The molecule has 3 aromatic carbocycles. The molecule has 3 aromatic rings. The molecule has 2 amide bonds. The molecule has 5 nitrogen and oxygen atoms in total. The largest absolute Gasteiger partial charge is 0.497 e. The summed E-state index contributed by atoms with van der Waals surface area (Å²) in [5.74, 6) is -0.400. The lowest BCUT2D eigenvalue weighted by Gasteiger charge is -2.18. The van der Waals surface area contributed by atoms with Gasteiger partial charge in [-0.3, -0.25) is 9.59 Å². The van der Waals surface area contributed by atoms with Crippen LogP contribution in [0.25, 0.3) is 0 Å². The van der Waals surface area contributed by atoms with Gasteiger partial charge in [-0.15, -0.1) is 0 Å². The molecule has 6 heteroatoms. The molecule has 1 fully saturated rings. The van der Waals surface area contributed by atoms with Gasteiger partial charge in [-0.2, -0.15) is 0 Å². The van der Waals surface area contributed by atoms with Crippen molar-refractivity contribution in [2.24, 2.45) is 5.92 Å². The van der Waals surface area contributed by atoms with Gasteiger partial charge in [0.05, 0.1) is 13.0 Å². The van der Waals surface area contributed by atoms with Crippen LogP contribution in [0.2, 0.25) is 0 Å². The highest BCUT2D eigenvalue weighted by Crippen LogP contribution is 2.35. The Morgan fingerprint density at radius 3 is 2.45 bits per heavy atom. The predicted molar refractivity (Wildman–Crippen MR) is 125 cm³/mol. The lowest BCUT2D eigenvalue weighted by molar-refractivity contribution is -0.125. The van der Waals surface area contributed by atoms with Gasteiger partial charge in [-0.05, 0) is 54.4 Å². The number of methoxy groups -OCH3 is 1. The molecule has 1 aliphatic rings. The van der Waals surface area contributed by atoms with Crippen molar-refractivity contribution in [3.8, 4) is 5.75 Å². The third-order valence-electron chi connectivity index (χ3n) is 6.14. The van der Waals surface area contributed by atoms with Crippen LogP contribution in [-0.4, -0.2) is 36.9 Å². The number of hydrogen-bond acceptors (Lipinski definition) is 3. The normalized spacial score (nSPS) is 17.6. The van der Waals surface area contributed by atoms with Crippen molar-refractivity contribution >= 4 is 11.8 Å². The highest BCUT2D eigenvalue weighted by molar-refractivity contribution is 5.95. The van der Waals surface area contributed by atoms with Gasteiger partial charge in [0.1, 0.15) is 11.6 Å². The standard InChI is InChI=1S/C27H27FN2O3/c1-18-6-10-20(11-7-18)27(32)30-16-24(21-4-3-5-23(14-21)33-2)25(17-30)26(31)29-15-19-8-12-22(28)13-9-19/h3-14,24-25H,15-17H2,1-2H3,(H,29,31). The molecule has 0 saturated carbocycles. The number of halogens is 1. The summed E-state index contributed by atoms with van der Waals surface area (Å²) in [6.07, 6.45) is 0. The van der Waals surface area contributed by atoms with E-state index < -0.39 is 5.92 Å². The molecular weight excluding hydrogens is 419 g/mol. The summed E-state index contributed by atoms with van der Waals surface area (Å²) in [5.41, 5.74) is 3.46. The minimum absolute atomic E-state index is 0.0864. The van der Waals surface area contributed by atoms with E-state index >= 15 is 0 Å². The van der Waals surface area contributed by atoms with E-state index in [4.69, 9.17) is 4.74 Å². The quantitative estimate of drug-likeness (QED) is 0.614. The van der Waals surface area contributed by atoms with E-state index in [-0.39, 0.29) is 23.5 Å². The number of rotatable bonds is 6. The fraction of sp³-hybridized carbons (Fsp3) is 0.259. The maximum atomic E-state index is 13.2. The molecule has 170 valence electrons. The summed E-state index contributed by atoms with van der Waals surface area (Å²) < 4.78 is 18.5. The summed E-state index contributed by atoms with van der Waals surface area (Å²) in [6, 6.07) is 21.2. The van der Waals surface area contributed by atoms with Gasteiger partial charge in [0.25, 0.3) is 5.91 Å². The van der Waals surface area contributed by atoms with E-state index in [1.807, 2.05) is 55.5 Å². The Balaban J connectivity index is 1.55. The Hall–Kier alpha value is -3.67. The van der Waals surface area contributed by atoms with Crippen LogP contribution in [0, 0.1) is 18.7 Å². The number of carbonyl (C=O) groups is 2. The summed E-state index contributed by atoms with van der Waals surface area (Å²) in [5, 5.41) is 2.96. The van der Waals surface area contributed by atoms with Crippen molar-refractivity contribution in [1.82, 2.24) is 10.2 Å². The average Bonchev–Trinajstić information content (AvgIpc) is 3.29. The maximum absolute atomic E-state index is 13.2. The van der Waals surface area contributed by atoms with E-state index in [1.54, 1.807) is 24.1 Å². The van der Waals surface area contributed by atoms with Gasteiger partial charge in [0.15, 0.2) is 0 Å². The van der Waals surface area contributed by atoms with Crippen molar-refractivity contribution < 1.29 is 18.7 Å². The SMILES string of the molecule is COc1cccc(C2CN(C(=O)c3ccc(C)cc3)CC2C(=O)NCc2ccc(F)cc2)c1. The smallest absolute Gasteiger partial charge is 0.253 e. The number of amides is 2. The van der Waals surface area contributed by atoms with Crippen LogP contribution < -0.4 is 10.1 Å². The Bertz CT molecular complexity index is 1130. The van der Waals surface area contributed by atoms with Gasteiger partial charge in [0, 0.05) is 31.1 Å². The minimum Gasteiger partial charge on any atom is -0.497 e. The number of nitrogens with zero attached hydrogens (tertiary/aromatic N) is 1. The fourth-order valence-corrected chi connectivity index (χ4v) is 4.25. The third kappa shape index (κ3) is 5.22. The van der Waals surface area contributed by atoms with Gasteiger partial charge in [-0.1, -0.05) is 42.0 Å². The Kier molecular flexibility index (Phi) is 6.73. The Labute approximate surface area is 193 Å². The Morgan fingerprint density at radius 2 is 1.76 bits per heavy atom. The van der Waals surface area contributed by atoms with Crippen LogP contribution in [0.1, 0.15) is 33.0 Å². The van der Waals surface area contributed by atoms with Crippen molar-refractivity contribution in [3.05, 3.63) is 101 Å². The van der Waals surface area contributed by atoms with E-state index in [0.29, 0.717) is 30.9 Å². The minimum atomic E-state index is -0.410. The number of aryl methyl sites for hydroxylation is 1. The molecule has 1 heterocycles. The number of nitrogens with one attached hydrogen (secondary N) is 1. The number of hydrogen-bond donors (Lipinski definition) is 1. The molecule has 0 aromatic heterocycles. The van der Waals surface area contributed by atoms with Crippen molar-refractivity contribution in [2.45, 2.75) is 19.4 Å². The first-order chi connectivity index (χ1) is 15.9. The second-order valence-corrected chi connectivity index (χ2v) is 8.41. The maximum Gasteiger partial charge on any atom is 0.253 e. The monoisotopic (exact) mass is 446 g/mol. The Morgan fingerprint density at radius 1 is 1.03 bits per heavy atom. The topological polar surface area (TPSA) is 58.6 Å². The van der Waals surface area contributed by atoms with E-state index in [9.17, 15) is 14.0 Å². The summed E-state index contributed by atoms with van der Waals surface area (Å²) in [6.45, 7) is 3.04. The second-order valence-electron chi connectivity index (χ2n) is 8.41. The number of carbonyl (C=O) groups excluding carboxylic acids is 2. The van der Waals surface area contributed by atoms with Crippen molar-refractivity contribution in [2.75, 3.05) is 20.2 Å². The highest BCUT2D eigenvalue weighted by atomic mass is 19.1. The molecule has 0 radical (unpaired) electrons. The first kappa shape index (κ1) is 22.5. The van der Waals surface area contributed by atoms with Crippen LogP contribution in [0.3, 0.4) is 0 Å². The number of ether oxygens (including phenoxy) is 1. The second kappa shape index (κ2) is 9.86. The molecule has 1 aliphatic heterocycles. The first-order valence-corrected chi connectivity index (χ1v) is 11.0. The molecule has 1 N–H and O–H groups in total. The van der Waals surface area contributed by atoms with Crippen LogP contribution in [-0.2, 0) is 11.3 Å². The first-order valence-electron chi connectivity index (χ1n) is 11.0. The predicted octanol–water partition coefficient (Wildman–Crippen LogP) is 4.31. The van der Waals surface area contributed by atoms with Gasteiger partial charge in [0.2, 0.25) is 5.91 Å². The van der Waals surface area contributed by atoms with Crippen LogP contribution in [0.15, 0.2) is 72.8 Å². The van der Waals surface area contributed by atoms with E-state index in [1.165, 1.54) is 12.1 Å². The lowest BCUT2D eigenvalue weighted by Crippen LogP contribution is -2.35. The third-order valence-corrected chi connectivity index (χ3v) is 6.14. The highest BCUT2D eigenvalue weighted by Gasteiger charge is 2.40. The summed E-state index contributed by atoms with van der Waals surface area (Å²) >= 11 is 0. The molecule has 1 saturated heterocycles. The number of benzene rings is 3. The van der Waals surface area contributed by atoms with Crippen LogP contribution >= 0.6 is 0 Å². The van der Waals surface area contributed by atoms with Crippen LogP contribution in [0.5, 0.6) is 5.75 Å². The van der Waals surface area contributed by atoms with Crippen LogP contribution in [0.4, 0.5) is 4.39 Å². The fourth-order valence-electron chi connectivity index (χ4n) is 4.25. The molecular formula is C27H27FN2O3. The number of likely N-dealkylation sites (tertiary alicyclic amines) is 1. The van der Waals surface area contributed by atoms with Gasteiger partial charge >= 0.3 is 0 Å². The summed E-state index contributed by atoms with van der Waals surface area (Å²) in [4.78, 5) is 28.1. The molecule has 0 aliphatic carbocycles. The zero-order chi connectivity index (χ0) is 23.4. The van der Waals surface area contributed by atoms with E-state index in [2.05, 4.69) is 5.32 Å². The molecule has 4 rings (SSSR count). The average molecular weight is 447 g/mol. The van der Waals surface area contributed by atoms with Crippen molar-refractivity contribution in [3.63, 3.8) is 0 Å². The summed E-state index contributed by atoms with van der Waals surface area (Å²) in [7, 11) is 1.61.